The maximum Gasteiger partial charge on any atom is 0.246 e. The third kappa shape index (κ3) is 4.67. The van der Waals surface area contributed by atoms with E-state index in [4.69, 9.17) is 0 Å². The van der Waals surface area contributed by atoms with Crippen LogP contribution in [0, 0.1) is 19.8 Å². The van der Waals surface area contributed by atoms with Gasteiger partial charge >= 0.3 is 0 Å². The van der Waals surface area contributed by atoms with Crippen molar-refractivity contribution < 1.29 is 18.0 Å². The molecule has 1 N–H and O–H groups in total. The summed E-state index contributed by atoms with van der Waals surface area (Å²) in [5, 5.41) is 7.33. The molecule has 0 unspecified atom stereocenters. The van der Waals surface area contributed by atoms with Gasteiger partial charge in [-0.2, -0.15) is 9.40 Å². The molecule has 8 nitrogen and oxygen atoms in total. The van der Waals surface area contributed by atoms with E-state index in [0.717, 1.165) is 5.69 Å². The van der Waals surface area contributed by atoms with Crippen LogP contribution in [-0.2, 0) is 14.8 Å². The molecule has 2 heterocycles. The molecule has 0 atom stereocenters. The average molecular weight is 481 g/mol. The summed E-state index contributed by atoms with van der Waals surface area (Å²) >= 11 is 0. The Morgan fingerprint density at radius 3 is 2.32 bits per heavy atom. The van der Waals surface area contributed by atoms with Crippen molar-refractivity contribution in [3.63, 3.8) is 0 Å². The van der Waals surface area contributed by atoms with Gasteiger partial charge < -0.3 is 5.32 Å². The molecular weight excluding hydrogens is 452 g/mol. The van der Waals surface area contributed by atoms with Gasteiger partial charge in [0.25, 0.3) is 0 Å². The molecule has 1 fully saturated rings. The third-order valence-electron chi connectivity index (χ3n) is 6.18. The monoisotopic (exact) mass is 480 g/mol. The van der Waals surface area contributed by atoms with Gasteiger partial charge in [-0.25, -0.2) is 13.1 Å². The highest BCUT2D eigenvalue weighted by Gasteiger charge is 2.35. The predicted octanol–water partition coefficient (Wildman–Crippen LogP) is 3.73. The summed E-state index contributed by atoms with van der Waals surface area (Å²) in [7, 11) is -3.75. The Kier molecular flexibility index (Phi) is 6.67. The van der Waals surface area contributed by atoms with Gasteiger partial charge in [0.2, 0.25) is 15.9 Å². The van der Waals surface area contributed by atoms with Crippen molar-refractivity contribution in [3.8, 4) is 5.69 Å². The van der Waals surface area contributed by atoms with Crippen LogP contribution in [0.5, 0.6) is 0 Å². The number of ketones is 1. The number of benzene rings is 2. The van der Waals surface area contributed by atoms with E-state index in [1.807, 2.05) is 30.3 Å². The lowest BCUT2D eigenvalue weighted by Gasteiger charge is -2.30. The van der Waals surface area contributed by atoms with E-state index in [9.17, 15) is 18.0 Å². The number of hydrogen-bond acceptors (Lipinski definition) is 5. The highest BCUT2D eigenvalue weighted by atomic mass is 32.2. The van der Waals surface area contributed by atoms with Crippen LogP contribution in [0.25, 0.3) is 5.69 Å². The summed E-state index contributed by atoms with van der Waals surface area (Å²) in [5.74, 6) is -0.542. The Morgan fingerprint density at radius 1 is 1.00 bits per heavy atom. The van der Waals surface area contributed by atoms with Crippen LogP contribution in [0.2, 0.25) is 0 Å². The molecule has 2 aromatic carbocycles. The van der Waals surface area contributed by atoms with Gasteiger partial charge in [-0.15, -0.1) is 0 Å². The SMILES string of the molecule is CC(=O)c1cccc(NC(=O)C2CCN(S(=O)(=O)c3c(C)nn(-c4ccccc4)c3C)CC2)c1. The Morgan fingerprint density at radius 2 is 1.68 bits per heavy atom. The van der Waals surface area contributed by atoms with E-state index in [1.54, 1.807) is 42.8 Å². The molecule has 1 aromatic heterocycles. The molecule has 1 aliphatic heterocycles. The predicted molar refractivity (Wildman–Crippen MR) is 130 cm³/mol. The van der Waals surface area contributed by atoms with Gasteiger partial charge in [0.1, 0.15) is 4.90 Å². The first kappa shape index (κ1) is 23.8. The molecule has 4 rings (SSSR count). The highest BCUT2D eigenvalue weighted by Crippen LogP contribution is 2.29. The number of nitrogens with one attached hydrogen (secondary N) is 1. The summed E-state index contributed by atoms with van der Waals surface area (Å²) in [5.41, 5.74) is 2.90. The standard InChI is InChI=1S/C25H28N4O4S/c1-17-24(18(2)29(27-17)23-10-5-4-6-11-23)34(32,33)28-14-12-20(13-15-28)25(31)26-22-9-7-8-21(16-22)19(3)30/h4-11,16,20H,12-15H2,1-3H3,(H,26,31). The molecule has 34 heavy (non-hydrogen) atoms. The van der Waals surface area contributed by atoms with Crippen LogP contribution in [-0.4, -0.2) is 47.3 Å². The number of aromatic nitrogens is 2. The number of nitrogens with zero attached hydrogens (tertiary/aromatic N) is 3. The quantitative estimate of drug-likeness (QED) is 0.542. The van der Waals surface area contributed by atoms with Crippen molar-refractivity contribution in [2.24, 2.45) is 5.92 Å². The average Bonchev–Trinajstić information content (AvgIpc) is 3.14. The van der Waals surface area contributed by atoms with Crippen LogP contribution in [0.15, 0.2) is 59.5 Å². The minimum atomic E-state index is -3.75. The van der Waals surface area contributed by atoms with Gasteiger partial charge in [0.15, 0.2) is 5.78 Å². The zero-order valence-electron chi connectivity index (χ0n) is 19.5. The molecule has 0 aliphatic carbocycles. The minimum Gasteiger partial charge on any atom is -0.326 e. The zero-order valence-corrected chi connectivity index (χ0v) is 20.3. The number of Topliss-reactive ketones (excluding diaryl/α,β-unsaturated/α-hetero) is 1. The molecule has 1 saturated heterocycles. The van der Waals surface area contributed by atoms with Crippen LogP contribution >= 0.6 is 0 Å². The van der Waals surface area contributed by atoms with Gasteiger partial charge in [-0.1, -0.05) is 30.3 Å². The topological polar surface area (TPSA) is 101 Å². The van der Waals surface area contributed by atoms with Gasteiger partial charge in [0, 0.05) is 30.3 Å². The van der Waals surface area contributed by atoms with Gasteiger partial charge in [0.05, 0.1) is 17.1 Å². The van der Waals surface area contributed by atoms with E-state index in [1.165, 1.54) is 11.2 Å². The fraction of sp³-hybridized carbons (Fsp3) is 0.320. The molecule has 0 bridgehead atoms. The number of piperidine rings is 1. The van der Waals surface area contributed by atoms with Gasteiger partial charge in [-0.3, -0.25) is 9.59 Å². The molecular formula is C25H28N4O4S. The summed E-state index contributed by atoms with van der Waals surface area (Å²) in [6.07, 6.45) is 0.838. The zero-order chi connectivity index (χ0) is 24.5. The maximum absolute atomic E-state index is 13.5. The van der Waals surface area contributed by atoms with Crippen molar-refractivity contribution in [2.45, 2.75) is 38.5 Å². The number of anilines is 1. The van der Waals surface area contributed by atoms with E-state index in [0.29, 0.717) is 35.5 Å². The van der Waals surface area contributed by atoms with Crippen LogP contribution in [0.1, 0.15) is 41.5 Å². The first-order valence-corrected chi connectivity index (χ1v) is 12.7. The highest BCUT2D eigenvalue weighted by molar-refractivity contribution is 7.89. The number of para-hydroxylation sites is 1. The molecule has 1 amide bonds. The lowest BCUT2D eigenvalue weighted by Crippen LogP contribution is -2.41. The van der Waals surface area contributed by atoms with Gasteiger partial charge in [-0.05, 0) is 57.9 Å². The lowest BCUT2D eigenvalue weighted by atomic mass is 9.97. The summed E-state index contributed by atoms with van der Waals surface area (Å²) in [4.78, 5) is 24.6. The maximum atomic E-state index is 13.5. The van der Waals surface area contributed by atoms with Crippen molar-refractivity contribution in [3.05, 3.63) is 71.5 Å². The Labute approximate surface area is 199 Å². The normalized spacial score (nSPS) is 15.3. The van der Waals surface area contributed by atoms with E-state index >= 15 is 0 Å². The Balaban J connectivity index is 1.46. The number of rotatable bonds is 6. The largest absolute Gasteiger partial charge is 0.326 e. The molecule has 0 radical (unpaired) electrons. The number of carbonyl (C=O) groups is 2. The Hall–Kier alpha value is -3.30. The smallest absolute Gasteiger partial charge is 0.246 e. The molecule has 0 spiro atoms. The summed E-state index contributed by atoms with van der Waals surface area (Å²) in [6, 6.07) is 16.2. The fourth-order valence-corrected chi connectivity index (χ4v) is 6.19. The summed E-state index contributed by atoms with van der Waals surface area (Å²) < 4.78 is 30.1. The van der Waals surface area contributed by atoms with E-state index in [-0.39, 0.29) is 35.6 Å². The molecule has 0 saturated carbocycles. The van der Waals surface area contributed by atoms with E-state index in [2.05, 4.69) is 10.4 Å². The van der Waals surface area contributed by atoms with Crippen LogP contribution in [0.3, 0.4) is 0 Å². The molecule has 178 valence electrons. The van der Waals surface area contributed by atoms with Crippen molar-refractivity contribution in [2.75, 3.05) is 18.4 Å². The third-order valence-corrected chi connectivity index (χ3v) is 8.34. The first-order valence-electron chi connectivity index (χ1n) is 11.2. The first-order chi connectivity index (χ1) is 16.2. The number of amides is 1. The second-order valence-corrected chi connectivity index (χ2v) is 10.4. The lowest BCUT2D eigenvalue weighted by molar-refractivity contribution is -0.120. The molecule has 9 heteroatoms. The number of carbonyl (C=O) groups excluding carboxylic acids is 2. The van der Waals surface area contributed by atoms with E-state index < -0.39 is 10.0 Å². The number of sulfonamides is 1. The van der Waals surface area contributed by atoms with Crippen molar-refractivity contribution in [1.29, 1.82) is 0 Å². The van der Waals surface area contributed by atoms with Crippen LogP contribution in [0.4, 0.5) is 5.69 Å². The second kappa shape index (κ2) is 9.52. The Bertz CT molecular complexity index is 1320. The summed E-state index contributed by atoms with van der Waals surface area (Å²) in [6.45, 7) is 5.45. The number of hydrogen-bond donors (Lipinski definition) is 1. The minimum absolute atomic E-state index is 0.0733. The fourth-order valence-electron chi connectivity index (χ4n) is 4.37. The van der Waals surface area contributed by atoms with Crippen molar-refractivity contribution >= 4 is 27.4 Å². The van der Waals surface area contributed by atoms with Crippen LogP contribution < -0.4 is 5.32 Å². The second-order valence-electron chi connectivity index (χ2n) is 8.55. The number of aryl methyl sites for hydroxylation is 1. The molecule has 3 aromatic rings. The molecule has 1 aliphatic rings. The van der Waals surface area contributed by atoms with Crippen molar-refractivity contribution in [1.82, 2.24) is 14.1 Å².